The Kier molecular flexibility index (Phi) is 16.3. The molecule has 1 aliphatic carbocycles. The Balaban J connectivity index is 1.16. The van der Waals surface area contributed by atoms with E-state index in [4.69, 9.17) is 47.4 Å². The van der Waals surface area contributed by atoms with Crippen molar-refractivity contribution in [1.82, 2.24) is 5.32 Å². The number of hydrogen-bond donors (Lipinski definition) is 3. The SMILES string of the molecule is CC[C@H](C)[C@H]1OC2(CC[C@@H]1C)C[C@@H]1C[C@@H](C/C=C(\C)[C@@H](O[C@H]3C[C@H](OC)[C@@H](O[C@H]4C[C@H](OC)[C@@H](NC(C)=O)[C@H](C)O4)[C@H](C)O3)[C@@H](C)/C=C/C=C3\CO[C@@H]4[C@H](O)C(C)=C[C@@H](C(=O)O1)[C@]34O)O2. The van der Waals surface area contributed by atoms with Crippen LogP contribution in [0.3, 0.4) is 0 Å². The molecule has 1 amide bonds. The zero-order valence-corrected chi connectivity index (χ0v) is 40.4. The maximum atomic E-state index is 14.4. The van der Waals surface area contributed by atoms with Crippen LogP contribution in [0.1, 0.15) is 114 Å². The molecular formula is C50H77NO14. The first kappa shape index (κ1) is 50.3. The summed E-state index contributed by atoms with van der Waals surface area (Å²) >= 11 is 0. The van der Waals surface area contributed by atoms with Gasteiger partial charge in [-0.2, -0.15) is 0 Å². The van der Waals surface area contributed by atoms with Gasteiger partial charge in [-0.25, -0.2) is 0 Å². The minimum atomic E-state index is -1.83. The number of amides is 1. The molecule has 0 aromatic heterocycles. The largest absolute Gasteiger partial charge is 0.462 e. The van der Waals surface area contributed by atoms with Crippen molar-refractivity contribution in [3.8, 4) is 0 Å². The lowest BCUT2D eigenvalue weighted by Crippen LogP contribution is -2.58. The van der Waals surface area contributed by atoms with Gasteiger partial charge in [0.2, 0.25) is 5.91 Å². The number of ether oxygens (including phenoxy) is 10. The summed E-state index contributed by atoms with van der Waals surface area (Å²) in [6, 6.07) is -0.312. The topological polar surface area (TPSA) is 179 Å². The van der Waals surface area contributed by atoms with E-state index < -0.39 is 72.5 Å². The second-order valence-electron chi connectivity index (χ2n) is 20.1. The fraction of sp³-hybridized carbons (Fsp3) is 0.800. The number of rotatable bonds is 9. The lowest BCUT2D eigenvalue weighted by molar-refractivity contribution is -0.340. The highest BCUT2D eigenvalue weighted by Crippen LogP contribution is 2.48. The van der Waals surface area contributed by atoms with Crippen LogP contribution in [0.5, 0.6) is 0 Å². The molecule has 0 saturated carbocycles. The van der Waals surface area contributed by atoms with Gasteiger partial charge < -0.3 is 62.9 Å². The molecule has 3 N–H and O–H groups in total. The fourth-order valence-electron chi connectivity index (χ4n) is 11.4. The molecule has 20 atom stereocenters. The van der Waals surface area contributed by atoms with Crippen molar-refractivity contribution in [3.05, 3.63) is 47.1 Å². The molecule has 0 radical (unpaired) electrons. The molecule has 7 aliphatic rings. The number of nitrogens with one attached hydrogen (secondary N) is 1. The van der Waals surface area contributed by atoms with Crippen molar-refractivity contribution < 1.29 is 67.2 Å². The molecular weight excluding hydrogens is 839 g/mol. The van der Waals surface area contributed by atoms with E-state index in [-0.39, 0.29) is 55.0 Å². The second-order valence-corrected chi connectivity index (χ2v) is 20.1. The number of aliphatic hydroxyl groups is 2. The molecule has 5 fully saturated rings. The van der Waals surface area contributed by atoms with Crippen LogP contribution in [0.15, 0.2) is 47.1 Å². The fourth-order valence-corrected chi connectivity index (χ4v) is 11.4. The number of fused-ring (bicyclic) bond motifs is 2. The maximum Gasteiger partial charge on any atom is 0.316 e. The molecule has 15 nitrogen and oxygen atoms in total. The van der Waals surface area contributed by atoms with E-state index in [2.05, 4.69) is 46.0 Å². The van der Waals surface area contributed by atoms with E-state index in [0.717, 1.165) is 18.4 Å². The quantitative estimate of drug-likeness (QED) is 0.188. The minimum Gasteiger partial charge on any atom is -0.462 e. The van der Waals surface area contributed by atoms with Crippen molar-refractivity contribution >= 4 is 11.9 Å². The van der Waals surface area contributed by atoms with Crippen LogP contribution >= 0.6 is 0 Å². The molecule has 65 heavy (non-hydrogen) atoms. The van der Waals surface area contributed by atoms with Gasteiger partial charge in [-0.15, -0.1) is 0 Å². The average molecular weight is 916 g/mol. The van der Waals surface area contributed by atoms with Gasteiger partial charge in [0, 0.05) is 59.2 Å². The third-order valence-electron chi connectivity index (χ3n) is 15.3. The molecule has 5 saturated heterocycles. The number of hydrogen-bond acceptors (Lipinski definition) is 14. The van der Waals surface area contributed by atoms with Crippen molar-refractivity contribution in [3.63, 3.8) is 0 Å². The smallest absolute Gasteiger partial charge is 0.316 e. The number of methoxy groups -OCH3 is 2. The standard InChI is InChI=1S/C50H77NO14/c1-12-26(2)45-29(5)18-19-49(65-45)24-36-21-35(64-49)17-16-28(4)44(27(3)14-13-15-34-25-58-47-43(53)30(6)20-37(48(54)61-36)50(34,47)55)62-41-23-39(57-11)46(32(8)60-41)63-40-22-38(56-10)42(31(7)59-40)51-33(9)52/h13-16,20,26-27,29,31-32,35-47,53,55H,12,17-19,21-25H2,1-11H3,(H,51,52)/b14-13+,28-16+,34-15+/t26-,27-,29-,31-,32-,35+,36-,37-,38-,39-,40-,41-,42-,43+,44-,45+,46-,47+,49?,50+/m0/s1. The summed E-state index contributed by atoms with van der Waals surface area (Å²) in [7, 11) is 3.28. The third kappa shape index (κ3) is 10.7. The Labute approximate surface area is 385 Å². The van der Waals surface area contributed by atoms with Gasteiger partial charge in [0.25, 0.3) is 0 Å². The van der Waals surface area contributed by atoms with Crippen molar-refractivity contribution in [2.75, 3.05) is 20.8 Å². The molecule has 0 aromatic rings. The maximum absolute atomic E-state index is 14.4. The average Bonchev–Trinajstić information content (AvgIpc) is 3.61. The lowest BCUT2D eigenvalue weighted by atomic mass is 9.71. The van der Waals surface area contributed by atoms with Crippen LogP contribution < -0.4 is 5.32 Å². The summed E-state index contributed by atoms with van der Waals surface area (Å²) in [5.74, 6) is -2.29. The zero-order valence-electron chi connectivity index (χ0n) is 40.4. The Morgan fingerprint density at radius 1 is 0.969 bits per heavy atom. The van der Waals surface area contributed by atoms with Crippen molar-refractivity contribution in [2.45, 2.75) is 211 Å². The minimum absolute atomic E-state index is 0.0122. The normalized spacial score (nSPS) is 47.6. The first-order valence-electron chi connectivity index (χ1n) is 24.2. The highest BCUT2D eigenvalue weighted by atomic mass is 16.7. The summed E-state index contributed by atoms with van der Waals surface area (Å²) in [5.41, 5.74) is 0.171. The number of aliphatic hydroxyl groups excluding tert-OH is 1. The summed E-state index contributed by atoms with van der Waals surface area (Å²) in [6.07, 6.45) is 7.44. The molecule has 6 heterocycles. The van der Waals surface area contributed by atoms with Crippen LogP contribution in [0.2, 0.25) is 0 Å². The van der Waals surface area contributed by atoms with Crippen LogP contribution in [0.25, 0.3) is 0 Å². The van der Waals surface area contributed by atoms with E-state index >= 15 is 0 Å². The van der Waals surface area contributed by atoms with Gasteiger partial charge in [0.05, 0.1) is 55.4 Å². The zero-order chi connectivity index (χ0) is 47.0. The summed E-state index contributed by atoms with van der Waals surface area (Å²) in [5, 5.41) is 26.7. The molecule has 0 aromatic carbocycles. The highest BCUT2D eigenvalue weighted by molar-refractivity contribution is 5.78. The Morgan fingerprint density at radius 3 is 2.38 bits per heavy atom. The first-order valence-corrected chi connectivity index (χ1v) is 24.2. The number of esters is 1. The summed E-state index contributed by atoms with van der Waals surface area (Å²) < 4.78 is 64.7. The Morgan fingerprint density at radius 2 is 1.68 bits per heavy atom. The van der Waals surface area contributed by atoms with Gasteiger partial charge in [0.15, 0.2) is 18.4 Å². The molecule has 6 aliphatic heterocycles. The second kappa shape index (κ2) is 21.0. The van der Waals surface area contributed by atoms with Gasteiger partial charge in [-0.1, -0.05) is 64.5 Å². The van der Waals surface area contributed by atoms with Gasteiger partial charge in [0.1, 0.15) is 35.9 Å². The van der Waals surface area contributed by atoms with Gasteiger partial charge >= 0.3 is 5.97 Å². The van der Waals surface area contributed by atoms with E-state index in [1.807, 2.05) is 26.0 Å². The molecule has 7 rings (SSSR count). The molecule has 2 bridgehead atoms. The van der Waals surface area contributed by atoms with E-state index in [1.54, 1.807) is 33.3 Å². The predicted molar refractivity (Wildman–Crippen MR) is 239 cm³/mol. The predicted octanol–water partition coefficient (Wildman–Crippen LogP) is 5.75. The number of carbonyl (C=O) groups is 2. The number of carbonyl (C=O) groups excluding carboxylic acids is 2. The molecule has 15 heteroatoms. The molecule has 366 valence electrons. The monoisotopic (exact) mass is 916 g/mol. The van der Waals surface area contributed by atoms with Crippen molar-refractivity contribution in [2.24, 2.45) is 23.7 Å². The molecule has 1 spiro atoms. The van der Waals surface area contributed by atoms with Crippen LogP contribution in [-0.2, 0) is 57.0 Å². The Hall–Kier alpha value is -2.54. The van der Waals surface area contributed by atoms with Crippen LogP contribution in [0.4, 0.5) is 0 Å². The molecule has 1 unspecified atom stereocenters. The summed E-state index contributed by atoms with van der Waals surface area (Å²) in [4.78, 5) is 26.3. The highest BCUT2D eigenvalue weighted by Gasteiger charge is 2.60. The van der Waals surface area contributed by atoms with Crippen LogP contribution in [-0.4, -0.2) is 140 Å². The van der Waals surface area contributed by atoms with E-state index in [1.165, 1.54) is 6.92 Å². The van der Waals surface area contributed by atoms with Gasteiger partial charge in [-0.3, -0.25) is 9.59 Å². The number of allylic oxidation sites excluding steroid dienone is 2. The first-order chi connectivity index (χ1) is 30.9. The lowest BCUT2D eigenvalue weighted by Gasteiger charge is -2.51. The van der Waals surface area contributed by atoms with Crippen LogP contribution in [0, 0.1) is 23.7 Å². The Bertz CT molecular complexity index is 1800. The van der Waals surface area contributed by atoms with E-state index in [9.17, 15) is 19.8 Å². The third-order valence-corrected chi connectivity index (χ3v) is 15.3. The summed E-state index contributed by atoms with van der Waals surface area (Å²) in [6.45, 7) is 17.8. The van der Waals surface area contributed by atoms with Gasteiger partial charge in [-0.05, 0) is 69.1 Å². The van der Waals surface area contributed by atoms with Crippen molar-refractivity contribution in [1.29, 1.82) is 0 Å². The van der Waals surface area contributed by atoms with E-state index in [0.29, 0.717) is 61.5 Å².